The number of rotatable bonds is 8. The molecule has 0 spiro atoms. The molecule has 0 fully saturated rings. The Balaban J connectivity index is 2.49. The lowest BCUT2D eigenvalue weighted by Crippen LogP contribution is -2.35. The molecule has 2 atom stereocenters. The largest absolute Gasteiger partial charge is 0.508 e. The summed E-state index contributed by atoms with van der Waals surface area (Å²) in [5.41, 5.74) is 0.632. The second-order valence-corrected chi connectivity index (χ2v) is 5.15. The van der Waals surface area contributed by atoms with Crippen molar-refractivity contribution in [1.29, 1.82) is 0 Å². The molecular weight excluding hydrogens is 270 g/mol. The molecule has 0 heterocycles. The van der Waals surface area contributed by atoms with Crippen LogP contribution in [0.15, 0.2) is 24.3 Å². The number of phenols is 1. The summed E-state index contributed by atoms with van der Waals surface area (Å²) in [5, 5.41) is 21.9. The molecule has 0 aliphatic heterocycles. The number of carbonyl (C=O) groups is 1. The summed E-state index contributed by atoms with van der Waals surface area (Å²) in [5.74, 6) is 0.0906. The van der Waals surface area contributed by atoms with Crippen molar-refractivity contribution in [2.24, 2.45) is 0 Å². The number of carbonyl (C=O) groups excluding carboxylic acids is 1. The van der Waals surface area contributed by atoms with Gasteiger partial charge in [-0.15, -0.1) is 0 Å². The molecule has 118 valence electrons. The maximum absolute atomic E-state index is 11.7. The standard InChI is InChI=1S/C16H25NO4/c1-3-4-5-6-10-21-16(20)17-15(12(2)18)13-8-7-9-14(19)11-13/h7-9,11-12,15,18-19H,3-6,10H2,1-2H3,(H,17,20). The van der Waals surface area contributed by atoms with E-state index < -0.39 is 18.2 Å². The molecule has 0 aliphatic rings. The van der Waals surface area contributed by atoms with E-state index >= 15 is 0 Å². The first-order valence-corrected chi connectivity index (χ1v) is 7.45. The van der Waals surface area contributed by atoms with Gasteiger partial charge in [-0.3, -0.25) is 0 Å². The van der Waals surface area contributed by atoms with Gasteiger partial charge in [-0.05, 0) is 31.0 Å². The molecular formula is C16H25NO4. The summed E-state index contributed by atoms with van der Waals surface area (Å²) < 4.78 is 5.10. The highest BCUT2D eigenvalue weighted by molar-refractivity contribution is 5.68. The zero-order valence-corrected chi connectivity index (χ0v) is 12.7. The van der Waals surface area contributed by atoms with E-state index in [-0.39, 0.29) is 5.75 Å². The number of nitrogens with one attached hydrogen (secondary N) is 1. The molecule has 0 aliphatic carbocycles. The molecule has 0 radical (unpaired) electrons. The molecule has 3 N–H and O–H groups in total. The number of hydrogen-bond acceptors (Lipinski definition) is 4. The van der Waals surface area contributed by atoms with E-state index in [4.69, 9.17) is 4.74 Å². The second kappa shape index (κ2) is 9.23. The van der Waals surface area contributed by atoms with Gasteiger partial charge in [-0.2, -0.15) is 0 Å². The lowest BCUT2D eigenvalue weighted by molar-refractivity contribution is 0.112. The maximum Gasteiger partial charge on any atom is 0.407 e. The summed E-state index contributed by atoms with van der Waals surface area (Å²) in [6.45, 7) is 4.07. The number of aromatic hydroxyl groups is 1. The van der Waals surface area contributed by atoms with Crippen molar-refractivity contribution in [3.05, 3.63) is 29.8 Å². The van der Waals surface area contributed by atoms with Gasteiger partial charge in [0, 0.05) is 0 Å². The van der Waals surface area contributed by atoms with Crippen molar-refractivity contribution in [2.75, 3.05) is 6.61 Å². The normalized spacial score (nSPS) is 13.5. The van der Waals surface area contributed by atoms with Crippen LogP contribution in [0, 0.1) is 0 Å². The minimum atomic E-state index is -0.792. The van der Waals surface area contributed by atoms with Crippen LogP contribution in [0.3, 0.4) is 0 Å². The third-order valence-electron chi connectivity index (χ3n) is 3.22. The number of benzene rings is 1. The number of unbranched alkanes of at least 4 members (excludes halogenated alkanes) is 3. The van der Waals surface area contributed by atoms with Gasteiger partial charge in [0.2, 0.25) is 0 Å². The van der Waals surface area contributed by atoms with Crippen molar-refractivity contribution in [3.8, 4) is 5.75 Å². The third-order valence-corrected chi connectivity index (χ3v) is 3.22. The summed E-state index contributed by atoms with van der Waals surface area (Å²) in [4.78, 5) is 11.7. The molecule has 0 aromatic heterocycles. The van der Waals surface area contributed by atoms with Gasteiger partial charge in [0.05, 0.1) is 18.8 Å². The molecule has 0 saturated heterocycles. The van der Waals surface area contributed by atoms with Crippen LogP contribution in [-0.2, 0) is 4.74 Å². The fourth-order valence-corrected chi connectivity index (χ4v) is 2.06. The van der Waals surface area contributed by atoms with Crippen LogP contribution in [0.1, 0.15) is 51.1 Å². The Morgan fingerprint density at radius 1 is 1.33 bits per heavy atom. The molecule has 1 aromatic carbocycles. The molecule has 0 bridgehead atoms. The van der Waals surface area contributed by atoms with Gasteiger partial charge >= 0.3 is 6.09 Å². The van der Waals surface area contributed by atoms with Crippen LogP contribution in [-0.4, -0.2) is 29.0 Å². The van der Waals surface area contributed by atoms with E-state index in [2.05, 4.69) is 12.2 Å². The van der Waals surface area contributed by atoms with Gasteiger partial charge < -0.3 is 20.3 Å². The quantitative estimate of drug-likeness (QED) is 0.644. The van der Waals surface area contributed by atoms with Gasteiger partial charge in [0.25, 0.3) is 0 Å². The highest BCUT2D eigenvalue weighted by atomic mass is 16.5. The number of amides is 1. The zero-order chi connectivity index (χ0) is 15.7. The van der Waals surface area contributed by atoms with Crippen molar-refractivity contribution in [3.63, 3.8) is 0 Å². The van der Waals surface area contributed by atoms with Crippen molar-refractivity contribution in [2.45, 2.75) is 51.7 Å². The van der Waals surface area contributed by atoms with Gasteiger partial charge in [0.1, 0.15) is 5.75 Å². The second-order valence-electron chi connectivity index (χ2n) is 5.15. The number of alkyl carbamates (subject to hydrolysis) is 1. The van der Waals surface area contributed by atoms with E-state index in [0.717, 1.165) is 25.7 Å². The summed E-state index contributed by atoms with van der Waals surface area (Å²) in [6, 6.07) is 5.84. The first-order valence-electron chi connectivity index (χ1n) is 7.45. The average Bonchev–Trinajstić information content (AvgIpc) is 2.44. The number of aliphatic hydroxyl groups is 1. The Hall–Kier alpha value is -1.75. The Kier molecular flexibility index (Phi) is 7.61. The van der Waals surface area contributed by atoms with E-state index in [0.29, 0.717) is 12.2 Å². The van der Waals surface area contributed by atoms with E-state index in [1.807, 2.05) is 0 Å². The average molecular weight is 295 g/mol. The van der Waals surface area contributed by atoms with Crippen LogP contribution < -0.4 is 5.32 Å². The molecule has 5 nitrogen and oxygen atoms in total. The van der Waals surface area contributed by atoms with E-state index in [1.165, 1.54) is 12.1 Å². The molecule has 1 rings (SSSR count). The highest BCUT2D eigenvalue weighted by Crippen LogP contribution is 2.21. The first kappa shape index (κ1) is 17.3. The monoisotopic (exact) mass is 295 g/mol. The third kappa shape index (κ3) is 6.49. The Bertz CT molecular complexity index is 434. The number of ether oxygens (including phenoxy) is 1. The number of phenolic OH excluding ortho intramolecular Hbond substituents is 1. The number of aliphatic hydroxyl groups excluding tert-OH is 1. The van der Waals surface area contributed by atoms with E-state index in [9.17, 15) is 15.0 Å². The predicted molar refractivity (Wildman–Crippen MR) is 81.2 cm³/mol. The summed E-state index contributed by atoms with van der Waals surface area (Å²) >= 11 is 0. The highest BCUT2D eigenvalue weighted by Gasteiger charge is 2.20. The van der Waals surface area contributed by atoms with Gasteiger partial charge in [0.15, 0.2) is 0 Å². The Labute approximate surface area is 125 Å². The SMILES string of the molecule is CCCCCCOC(=O)NC(c1cccc(O)c1)C(C)O. The van der Waals surface area contributed by atoms with Gasteiger partial charge in [-0.25, -0.2) is 4.79 Å². The molecule has 1 aromatic rings. The molecule has 1 amide bonds. The van der Waals surface area contributed by atoms with Crippen molar-refractivity contribution >= 4 is 6.09 Å². The topological polar surface area (TPSA) is 78.8 Å². The minimum Gasteiger partial charge on any atom is -0.508 e. The lowest BCUT2D eigenvalue weighted by Gasteiger charge is -2.21. The van der Waals surface area contributed by atoms with Crippen molar-refractivity contribution < 1.29 is 19.7 Å². The maximum atomic E-state index is 11.7. The first-order chi connectivity index (χ1) is 10.0. The fourth-order valence-electron chi connectivity index (χ4n) is 2.06. The Morgan fingerprint density at radius 3 is 2.71 bits per heavy atom. The van der Waals surface area contributed by atoms with Crippen LogP contribution >= 0.6 is 0 Å². The molecule has 5 heteroatoms. The van der Waals surface area contributed by atoms with Crippen molar-refractivity contribution in [1.82, 2.24) is 5.32 Å². The zero-order valence-electron chi connectivity index (χ0n) is 12.7. The van der Waals surface area contributed by atoms with Crippen LogP contribution in [0.25, 0.3) is 0 Å². The Morgan fingerprint density at radius 2 is 2.10 bits per heavy atom. The molecule has 0 saturated carbocycles. The van der Waals surface area contributed by atoms with E-state index in [1.54, 1.807) is 19.1 Å². The fraction of sp³-hybridized carbons (Fsp3) is 0.562. The molecule has 21 heavy (non-hydrogen) atoms. The number of hydrogen-bond donors (Lipinski definition) is 3. The smallest absolute Gasteiger partial charge is 0.407 e. The molecule has 2 unspecified atom stereocenters. The van der Waals surface area contributed by atoms with Gasteiger partial charge in [-0.1, -0.05) is 38.3 Å². The van der Waals surface area contributed by atoms with Crippen LogP contribution in [0.4, 0.5) is 4.79 Å². The lowest BCUT2D eigenvalue weighted by atomic mass is 10.0. The summed E-state index contributed by atoms with van der Waals surface area (Å²) in [6.07, 6.45) is 2.79. The summed E-state index contributed by atoms with van der Waals surface area (Å²) in [7, 11) is 0. The predicted octanol–water partition coefficient (Wildman–Crippen LogP) is 3.12. The minimum absolute atomic E-state index is 0.0906. The van der Waals surface area contributed by atoms with Crippen LogP contribution in [0.2, 0.25) is 0 Å². The van der Waals surface area contributed by atoms with Crippen LogP contribution in [0.5, 0.6) is 5.75 Å².